The Balaban J connectivity index is 1.56. The van der Waals surface area contributed by atoms with Crippen LogP contribution >= 0.6 is 0 Å². The lowest BCUT2D eigenvalue weighted by atomic mass is 9.88. The number of hydrogen-bond acceptors (Lipinski definition) is 2. The van der Waals surface area contributed by atoms with Gasteiger partial charge in [0.1, 0.15) is 5.60 Å². The normalized spacial score (nSPS) is 22.4. The average Bonchev–Trinajstić information content (AvgIpc) is 3.08. The summed E-state index contributed by atoms with van der Waals surface area (Å²) in [6.07, 6.45) is 8.91. The molecule has 0 atom stereocenters. The molecule has 1 saturated carbocycles. The second-order valence-corrected chi connectivity index (χ2v) is 5.79. The van der Waals surface area contributed by atoms with Crippen LogP contribution < -0.4 is 0 Å². The fourth-order valence-electron chi connectivity index (χ4n) is 2.71. The molecule has 0 radical (unpaired) electrons. The summed E-state index contributed by atoms with van der Waals surface area (Å²) in [6.45, 7) is 3.38. The highest BCUT2D eigenvalue weighted by Gasteiger charge is 2.52. The van der Waals surface area contributed by atoms with E-state index < -0.39 is 5.60 Å². The fraction of sp³-hybridized carbons (Fsp3) is 0.929. The Morgan fingerprint density at radius 2 is 1.88 bits per heavy atom. The van der Waals surface area contributed by atoms with Crippen LogP contribution in [0.5, 0.6) is 0 Å². The topological polar surface area (TPSA) is 40.5 Å². The van der Waals surface area contributed by atoms with Crippen molar-refractivity contribution in [2.45, 2.75) is 63.9 Å². The minimum Gasteiger partial charge on any atom is -0.386 e. The quantitative estimate of drug-likeness (QED) is 0.693. The molecular formula is C14H25NO2. The van der Waals surface area contributed by atoms with E-state index in [1.165, 1.54) is 25.7 Å². The number of amides is 1. The van der Waals surface area contributed by atoms with E-state index in [-0.39, 0.29) is 5.91 Å². The zero-order valence-electron chi connectivity index (χ0n) is 11.0. The van der Waals surface area contributed by atoms with Crippen LogP contribution in [0.3, 0.4) is 0 Å². The van der Waals surface area contributed by atoms with E-state index in [0.29, 0.717) is 25.4 Å². The lowest BCUT2D eigenvalue weighted by Crippen LogP contribution is -2.64. The van der Waals surface area contributed by atoms with Gasteiger partial charge in [0.2, 0.25) is 5.91 Å². The lowest BCUT2D eigenvalue weighted by Gasteiger charge is -2.47. The van der Waals surface area contributed by atoms with Crippen molar-refractivity contribution >= 4 is 5.91 Å². The number of carbonyl (C=O) groups is 1. The van der Waals surface area contributed by atoms with E-state index in [1.807, 2.05) is 4.90 Å². The second-order valence-electron chi connectivity index (χ2n) is 5.79. The number of nitrogens with zero attached hydrogens (tertiary/aromatic N) is 1. The maximum atomic E-state index is 11.8. The van der Waals surface area contributed by atoms with Crippen LogP contribution in [0, 0.1) is 5.92 Å². The average molecular weight is 239 g/mol. The van der Waals surface area contributed by atoms with E-state index in [9.17, 15) is 9.90 Å². The van der Waals surface area contributed by atoms with Gasteiger partial charge >= 0.3 is 0 Å². The highest BCUT2D eigenvalue weighted by atomic mass is 16.3. The molecule has 0 aromatic carbocycles. The molecule has 3 heteroatoms. The summed E-state index contributed by atoms with van der Waals surface area (Å²) in [4.78, 5) is 13.6. The number of rotatable bonds is 7. The maximum Gasteiger partial charge on any atom is 0.222 e. The van der Waals surface area contributed by atoms with Crippen molar-refractivity contribution in [3.8, 4) is 0 Å². The van der Waals surface area contributed by atoms with Crippen molar-refractivity contribution in [1.82, 2.24) is 4.90 Å². The molecule has 3 nitrogen and oxygen atoms in total. The predicted molar refractivity (Wildman–Crippen MR) is 67.6 cm³/mol. The molecule has 0 aromatic rings. The largest absolute Gasteiger partial charge is 0.386 e. The number of unbranched alkanes of at least 4 members (excludes halogenated alkanes) is 4. The molecule has 1 saturated heterocycles. The molecule has 0 spiro atoms. The molecular weight excluding hydrogens is 214 g/mol. The van der Waals surface area contributed by atoms with Crippen molar-refractivity contribution < 1.29 is 9.90 Å². The van der Waals surface area contributed by atoms with Gasteiger partial charge in [-0.05, 0) is 25.2 Å². The molecule has 1 N–H and O–H groups in total. The van der Waals surface area contributed by atoms with Crippen LogP contribution in [0.4, 0.5) is 0 Å². The van der Waals surface area contributed by atoms with Crippen LogP contribution in [0.15, 0.2) is 0 Å². The van der Waals surface area contributed by atoms with Gasteiger partial charge in [-0.2, -0.15) is 0 Å². The Morgan fingerprint density at radius 3 is 2.47 bits per heavy atom. The number of β-amino-alcohol motifs (C(OH)–C–C–N with tert-alkyl or cyclic N) is 1. The summed E-state index contributed by atoms with van der Waals surface area (Å²) in [5.41, 5.74) is -0.516. The van der Waals surface area contributed by atoms with Crippen LogP contribution in [0.1, 0.15) is 58.3 Å². The summed E-state index contributed by atoms with van der Waals surface area (Å²) in [6, 6.07) is 0. The summed E-state index contributed by atoms with van der Waals surface area (Å²) < 4.78 is 0. The molecule has 0 aromatic heterocycles. The molecule has 1 aliphatic carbocycles. The van der Waals surface area contributed by atoms with Gasteiger partial charge in [-0.15, -0.1) is 0 Å². The van der Waals surface area contributed by atoms with Crippen LogP contribution in [-0.2, 0) is 4.79 Å². The van der Waals surface area contributed by atoms with Gasteiger partial charge in [-0.25, -0.2) is 0 Å². The zero-order chi connectivity index (χ0) is 12.3. The molecule has 1 heterocycles. The SMILES string of the molecule is CCCCCCCC(=O)N1CC(O)(C2CC2)C1. The first-order valence-corrected chi connectivity index (χ1v) is 7.16. The van der Waals surface area contributed by atoms with Crippen molar-refractivity contribution in [2.75, 3.05) is 13.1 Å². The van der Waals surface area contributed by atoms with Gasteiger partial charge in [0.15, 0.2) is 0 Å². The number of hydrogen-bond donors (Lipinski definition) is 1. The monoisotopic (exact) mass is 239 g/mol. The zero-order valence-corrected chi connectivity index (χ0v) is 11.0. The Kier molecular flexibility index (Phi) is 4.08. The third kappa shape index (κ3) is 3.21. The molecule has 1 amide bonds. The van der Waals surface area contributed by atoms with Gasteiger partial charge in [-0.3, -0.25) is 4.79 Å². The van der Waals surface area contributed by atoms with Crippen LogP contribution in [0.25, 0.3) is 0 Å². The first-order valence-electron chi connectivity index (χ1n) is 7.16. The lowest BCUT2D eigenvalue weighted by molar-refractivity contribution is -0.159. The van der Waals surface area contributed by atoms with Gasteiger partial charge in [0, 0.05) is 6.42 Å². The van der Waals surface area contributed by atoms with Gasteiger partial charge < -0.3 is 10.0 Å². The van der Waals surface area contributed by atoms with E-state index in [0.717, 1.165) is 19.3 Å². The minimum absolute atomic E-state index is 0.242. The van der Waals surface area contributed by atoms with E-state index in [2.05, 4.69) is 6.92 Å². The fourth-order valence-corrected chi connectivity index (χ4v) is 2.71. The summed E-state index contributed by atoms with van der Waals surface area (Å²) in [5, 5.41) is 10.1. The van der Waals surface area contributed by atoms with E-state index >= 15 is 0 Å². The third-order valence-corrected chi connectivity index (χ3v) is 4.11. The van der Waals surface area contributed by atoms with Crippen LogP contribution in [0.2, 0.25) is 0 Å². The van der Waals surface area contributed by atoms with E-state index in [1.54, 1.807) is 0 Å². The minimum atomic E-state index is -0.516. The summed E-state index contributed by atoms with van der Waals surface area (Å²) >= 11 is 0. The Hall–Kier alpha value is -0.570. The van der Waals surface area contributed by atoms with Crippen molar-refractivity contribution in [3.63, 3.8) is 0 Å². The molecule has 2 rings (SSSR count). The summed E-state index contributed by atoms with van der Waals surface area (Å²) in [5.74, 6) is 0.725. The number of aliphatic hydroxyl groups is 1. The van der Waals surface area contributed by atoms with Gasteiger partial charge in [0.05, 0.1) is 13.1 Å². The Labute approximate surface area is 104 Å². The molecule has 17 heavy (non-hydrogen) atoms. The molecule has 1 aliphatic heterocycles. The number of likely N-dealkylation sites (tertiary alicyclic amines) is 1. The van der Waals surface area contributed by atoms with Crippen LogP contribution in [-0.4, -0.2) is 34.6 Å². The van der Waals surface area contributed by atoms with Crippen molar-refractivity contribution in [1.29, 1.82) is 0 Å². The Bertz CT molecular complexity index is 267. The molecule has 0 bridgehead atoms. The first kappa shape index (κ1) is 12.9. The molecule has 98 valence electrons. The molecule has 0 unspecified atom stereocenters. The summed E-state index contributed by atoms with van der Waals surface area (Å²) in [7, 11) is 0. The van der Waals surface area contributed by atoms with Crippen molar-refractivity contribution in [3.05, 3.63) is 0 Å². The second kappa shape index (κ2) is 5.38. The smallest absolute Gasteiger partial charge is 0.222 e. The standard InChI is InChI=1S/C14H25NO2/c1-2-3-4-5-6-7-13(16)15-10-14(17,11-15)12-8-9-12/h12,17H,2-11H2,1H3. The van der Waals surface area contributed by atoms with E-state index in [4.69, 9.17) is 0 Å². The molecule has 2 fully saturated rings. The highest BCUT2D eigenvalue weighted by molar-refractivity contribution is 5.77. The Morgan fingerprint density at radius 1 is 1.24 bits per heavy atom. The third-order valence-electron chi connectivity index (χ3n) is 4.11. The number of carbonyl (C=O) groups excluding carboxylic acids is 1. The maximum absolute atomic E-state index is 11.8. The predicted octanol–water partition coefficient (Wildman–Crippen LogP) is 2.33. The molecule has 2 aliphatic rings. The first-order chi connectivity index (χ1) is 8.15. The van der Waals surface area contributed by atoms with Gasteiger partial charge in [-0.1, -0.05) is 32.6 Å². The van der Waals surface area contributed by atoms with Crippen molar-refractivity contribution in [2.24, 2.45) is 5.92 Å². The highest BCUT2D eigenvalue weighted by Crippen LogP contribution is 2.44. The van der Waals surface area contributed by atoms with Gasteiger partial charge in [0.25, 0.3) is 0 Å².